The Bertz CT molecular complexity index is 698. The first-order valence-electron chi connectivity index (χ1n) is 10.6. The number of rotatable bonds is 1. The van der Waals surface area contributed by atoms with E-state index >= 15 is 0 Å². The molecule has 0 unspecified atom stereocenters. The molecule has 0 bridgehead atoms. The van der Waals surface area contributed by atoms with Gasteiger partial charge in [-0.15, -0.1) is 0 Å². The first-order chi connectivity index (χ1) is 12.4. The molecule has 5 aliphatic rings. The number of carbonyl (C=O) groups excluding carboxylic acids is 1. The molecule has 0 N–H and O–H groups in total. The number of hydrogen-bond donors (Lipinski definition) is 0. The first-order valence-corrected chi connectivity index (χ1v) is 10.6. The average Bonchev–Trinajstić information content (AvgIpc) is 3.20. The van der Waals surface area contributed by atoms with Gasteiger partial charge in [0.1, 0.15) is 0 Å². The van der Waals surface area contributed by atoms with Crippen molar-refractivity contribution >= 4 is 5.78 Å². The van der Waals surface area contributed by atoms with Crippen LogP contribution < -0.4 is 0 Å². The van der Waals surface area contributed by atoms with Crippen LogP contribution in [0, 0.1) is 28.6 Å². The summed E-state index contributed by atoms with van der Waals surface area (Å²) in [5.41, 5.74) is 3.12. The van der Waals surface area contributed by atoms with Gasteiger partial charge in [0, 0.05) is 12.8 Å². The van der Waals surface area contributed by atoms with Gasteiger partial charge >= 0.3 is 0 Å². The Morgan fingerprint density at radius 3 is 2.50 bits per heavy atom. The Kier molecular flexibility index (Phi) is 3.66. The Morgan fingerprint density at radius 2 is 1.77 bits per heavy atom. The average molecular weight is 357 g/mol. The molecular formula is C23H32O3. The van der Waals surface area contributed by atoms with E-state index in [2.05, 4.69) is 26.0 Å². The Balaban J connectivity index is 1.45. The standard InChI is InChI=1S/C23H32O3/c1-15(24)18-6-7-19-17-5-4-16-14-23(25-12-13-26-23)11-10-21(16,2)20(17)8-9-22(18,19)3/h4,6,17,19-20H,5,7-14H2,1-3H3/t17-,19-,20-,21-,22+/m0/s1. The van der Waals surface area contributed by atoms with Crippen molar-refractivity contribution in [3.8, 4) is 0 Å². The van der Waals surface area contributed by atoms with Crippen LogP contribution in [0.1, 0.15) is 65.7 Å². The van der Waals surface area contributed by atoms with Crippen LogP contribution in [0.25, 0.3) is 0 Å². The summed E-state index contributed by atoms with van der Waals surface area (Å²) in [6.07, 6.45) is 12.7. The van der Waals surface area contributed by atoms with Gasteiger partial charge in [-0.25, -0.2) is 0 Å². The van der Waals surface area contributed by atoms with Gasteiger partial charge in [0.2, 0.25) is 0 Å². The summed E-state index contributed by atoms with van der Waals surface area (Å²) in [5.74, 6) is 2.08. The molecular weight excluding hydrogens is 324 g/mol. The zero-order valence-electron chi connectivity index (χ0n) is 16.5. The lowest BCUT2D eigenvalue weighted by Crippen LogP contribution is -2.52. The van der Waals surface area contributed by atoms with E-state index in [1.54, 1.807) is 12.5 Å². The Hall–Kier alpha value is -0.930. The van der Waals surface area contributed by atoms with Gasteiger partial charge in [-0.1, -0.05) is 31.6 Å². The molecule has 1 spiro atoms. The van der Waals surface area contributed by atoms with Gasteiger partial charge < -0.3 is 9.47 Å². The van der Waals surface area contributed by atoms with Crippen molar-refractivity contribution in [3.05, 3.63) is 23.3 Å². The highest BCUT2D eigenvalue weighted by Gasteiger charge is 2.59. The molecule has 142 valence electrons. The highest BCUT2D eigenvalue weighted by Crippen LogP contribution is 2.66. The molecule has 0 aromatic heterocycles. The maximum atomic E-state index is 12.2. The number of carbonyl (C=O) groups is 1. The molecule has 0 radical (unpaired) electrons. The van der Waals surface area contributed by atoms with Crippen molar-refractivity contribution in [1.29, 1.82) is 0 Å². The van der Waals surface area contributed by atoms with Crippen molar-refractivity contribution in [2.24, 2.45) is 28.6 Å². The number of fused-ring (bicyclic) bond motifs is 5. The van der Waals surface area contributed by atoms with Crippen molar-refractivity contribution in [2.45, 2.75) is 71.5 Å². The predicted octanol–water partition coefficient (Wildman–Crippen LogP) is 4.82. The molecule has 3 fully saturated rings. The summed E-state index contributed by atoms with van der Waals surface area (Å²) in [6, 6.07) is 0. The van der Waals surface area contributed by atoms with Gasteiger partial charge in [0.25, 0.3) is 0 Å². The normalized spacial score (nSPS) is 46.2. The minimum absolute atomic E-state index is 0.113. The van der Waals surface area contributed by atoms with E-state index < -0.39 is 0 Å². The van der Waals surface area contributed by atoms with Crippen LogP contribution in [0.2, 0.25) is 0 Å². The molecule has 1 saturated heterocycles. The van der Waals surface area contributed by atoms with Crippen LogP contribution >= 0.6 is 0 Å². The summed E-state index contributed by atoms with van der Waals surface area (Å²) in [6.45, 7) is 8.13. The SMILES string of the molecule is CC(=O)C1=CC[C@H]2[C@@H]3CC=C4CC5(CC[C@]4(C)[C@H]3CC[C@]12C)OCCO5. The van der Waals surface area contributed by atoms with Crippen LogP contribution in [0.4, 0.5) is 0 Å². The molecule has 0 aromatic rings. The number of allylic oxidation sites excluding steroid dienone is 3. The van der Waals surface area contributed by atoms with Crippen LogP contribution in [0.5, 0.6) is 0 Å². The second-order valence-corrected chi connectivity index (χ2v) is 9.91. The van der Waals surface area contributed by atoms with Crippen molar-refractivity contribution in [3.63, 3.8) is 0 Å². The van der Waals surface area contributed by atoms with E-state index in [1.807, 2.05) is 0 Å². The summed E-state index contributed by atoms with van der Waals surface area (Å²) < 4.78 is 12.1. The topological polar surface area (TPSA) is 35.5 Å². The lowest BCUT2D eigenvalue weighted by Gasteiger charge is -2.58. The second-order valence-electron chi connectivity index (χ2n) is 9.91. The molecule has 3 heteroatoms. The van der Waals surface area contributed by atoms with Gasteiger partial charge in [-0.3, -0.25) is 4.79 Å². The van der Waals surface area contributed by atoms with E-state index in [4.69, 9.17) is 9.47 Å². The fourth-order valence-corrected chi connectivity index (χ4v) is 7.46. The van der Waals surface area contributed by atoms with E-state index in [-0.39, 0.29) is 11.2 Å². The zero-order chi connectivity index (χ0) is 18.2. The number of ketones is 1. The quantitative estimate of drug-likeness (QED) is 0.632. The fraction of sp³-hybridized carbons (Fsp3) is 0.783. The molecule has 26 heavy (non-hydrogen) atoms. The number of hydrogen-bond acceptors (Lipinski definition) is 3. The molecule has 5 rings (SSSR count). The van der Waals surface area contributed by atoms with Crippen LogP contribution in [0.15, 0.2) is 23.3 Å². The summed E-state index contributed by atoms with van der Waals surface area (Å²) in [4.78, 5) is 12.2. The van der Waals surface area contributed by atoms with Crippen molar-refractivity contribution in [1.82, 2.24) is 0 Å². The Morgan fingerprint density at radius 1 is 1.00 bits per heavy atom. The molecule has 5 atom stereocenters. The highest BCUT2D eigenvalue weighted by atomic mass is 16.7. The largest absolute Gasteiger partial charge is 0.347 e. The predicted molar refractivity (Wildman–Crippen MR) is 100 cm³/mol. The van der Waals surface area contributed by atoms with Gasteiger partial charge in [-0.2, -0.15) is 0 Å². The minimum atomic E-state index is -0.321. The number of Topliss-reactive ketones (excluding diaryl/α,β-unsaturated/α-hetero) is 1. The highest BCUT2D eigenvalue weighted by molar-refractivity contribution is 5.95. The zero-order valence-corrected chi connectivity index (χ0v) is 16.5. The first kappa shape index (κ1) is 17.2. The second kappa shape index (κ2) is 5.54. The minimum Gasteiger partial charge on any atom is -0.347 e. The molecule has 3 nitrogen and oxygen atoms in total. The fourth-order valence-electron chi connectivity index (χ4n) is 7.46. The molecule has 1 aliphatic heterocycles. The molecule has 0 amide bonds. The summed E-state index contributed by atoms with van der Waals surface area (Å²) in [5, 5.41) is 0. The molecule has 2 saturated carbocycles. The van der Waals surface area contributed by atoms with Crippen molar-refractivity contribution < 1.29 is 14.3 Å². The van der Waals surface area contributed by atoms with Gasteiger partial charge in [-0.05, 0) is 73.2 Å². The van der Waals surface area contributed by atoms with E-state index in [9.17, 15) is 4.79 Å². The molecule has 0 aromatic carbocycles. The summed E-state index contributed by atoms with van der Waals surface area (Å²) in [7, 11) is 0. The maximum Gasteiger partial charge on any atom is 0.172 e. The smallest absolute Gasteiger partial charge is 0.172 e. The third kappa shape index (κ3) is 2.16. The van der Waals surface area contributed by atoms with Crippen LogP contribution in [-0.2, 0) is 14.3 Å². The third-order valence-corrected chi connectivity index (χ3v) is 8.88. The monoisotopic (exact) mass is 356 g/mol. The Labute approximate surface area is 157 Å². The van der Waals surface area contributed by atoms with Crippen LogP contribution in [0.3, 0.4) is 0 Å². The van der Waals surface area contributed by atoms with Crippen LogP contribution in [-0.4, -0.2) is 24.8 Å². The molecule has 4 aliphatic carbocycles. The third-order valence-electron chi connectivity index (χ3n) is 8.88. The maximum absolute atomic E-state index is 12.2. The molecule has 1 heterocycles. The van der Waals surface area contributed by atoms with Crippen molar-refractivity contribution in [2.75, 3.05) is 13.2 Å². The van der Waals surface area contributed by atoms with Gasteiger partial charge in [0.15, 0.2) is 11.6 Å². The van der Waals surface area contributed by atoms with E-state index in [1.165, 1.54) is 25.7 Å². The van der Waals surface area contributed by atoms with E-state index in [0.29, 0.717) is 17.1 Å². The lowest BCUT2D eigenvalue weighted by atomic mass is 9.47. The van der Waals surface area contributed by atoms with E-state index in [0.717, 1.165) is 49.9 Å². The lowest BCUT2D eigenvalue weighted by molar-refractivity contribution is -0.184. The van der Waals surface area contributed by atoms with Gasteiger partial charge in [0.05, 0.1) is 13.2 Å². The number of ether oxygens (including phenoxy) is 2. The summed E-state index contributed by atoms with van der Waals surface area (Å²) >= 11 is 0.